The summed E-state index contributed by atoms with van der Waals surface area (Å²) in [5.74, 6) is -0.0498. The van der Waals surface area contributed by atoms with E-state index in [0.717, 1.165) is 5.69 Å². The minimum Gasteiger partial charge on any atom is -0.396 e. The van der Waals surface area contributed by atoms with E-state index in [-0.39, 0.29) is 18.0 Å². The van der Waals surface area contributed by atoms with Crippen molar-refractivity contribution < 1.29 is 4.79 Å². The molecule has 1 amide bonds. The molecule has 1 aromatic heterocycles. The third kappa shape index (κ3) is 3.42. The standard InChI is InChI=1S/C11H18N4O/c1-7(2)14-11(16)8(3)15-10-4-5-13-6-9(10)12/h4-8H,12H2,1-3H3,(H,13,15)(H,14,16). The summed E-state index contributed by atoms with van der Waals surface area (Å²) in [5.41, 5.74) is 6.97. The van der Waals surface area contributed by atoms with E-state index in [2.05, 4.69) is 15.6 Å². The zero-order valence-electron chi connectivity index (χ0n) is 9.82. The highest BCUT2D eigenvalue weighted by molar-refractivity contribution is 5.85. The Hall–Kier alpha value is -1.78. The summed E-state index contributed by atoms with van der Waals surface area (Å²) in [5, 5.41) is 5.86. The molecule has 5 nitrogen and oxygen atoms in total. The van der Waals surface area contributed by atoms with E-state index in [9.17, 15) is 4.79 Å². The molecular formula is C11H18N4O. The second-order valence-electron chi connectivity index (χ2n) is 3.99. The predicted octanol–water partition coefficient (Wildman–Crippen LogP) is 0.989. The molecular weight excluding hydrogens is 204 g/mol. The van der Waals surface area contributed by atoms with Gasteiger partial charge in [0, 0.05) is 12.2 Å². The molecule has 5 heteroatoms. The molecule has 88 valence electrons. The highest BCUT2D eigenvalue weighted by atomic mass is 16.2. The van der Waals surface area contributed by atoms with Crippen LogP contribution in [0.1, 0.15) is 20.8 Å². The number of pyridine rings is 1. The largest absolute Gasteiger partial charge is 0.396 e. The smallest absolute Gasteiger partial charge is 0.242 e. The Bertz CT molecular complexity index is 365. The van der Waals surface area contributed by atoms with E-state index in [4.69, 9.17) is 5.73 Å². The van der Waals surface area contributed by atoms with Crippen molar-refractivity contribution in [2.75, 3.05) is 11.1 Å². The van der Waals surface area contributed by atoms with Crippen LogP contribution in [0.2, 0.25) is 0 Å². The number of hydrogen-bond acceptors (Lipinski definition) is 4. The molecule has 1 atom stereocenters. The van der Waals surface area contributed by atoms with Gasteiger partial charge in [-0.3, -0.25) is 9.78 Å². The first-order chi connectivity index (χ1) is 7.50. The monoisotopic (exact) mass is 222 g/mol. The maximum Gasteiger partial charge on any atom is 0.242 e. The Labute approximate surface area is 95.4 Å². The van der Waals surface area contributed by atoms with Crippen molar-refractivity contribution in [1.29, 1.82) is 0 Å². The molecule has 0 fully saturated rings. The molecule has 0 aliphatic rings. The Morgan fingerprint density at radius 3 is 2.69 bits per heavy atom. The van der Waals surface area contributed by atoms with E-state index in [1.807, 2.05) is 13.8 Å². The fraction of sp³-hybridized carbons (Fsp3) is 0.455. The topological polar surface area (TPSA) is 80.0 Å². The van der Waals surface area contributed by atoms with Crippen molar-refractivity contribution in [3.8, 4) is 0 Å². The first kappa shape index (κ1) is 12.3. The highest BCUT2D eigenvalue weighted by Crippen LogP contribution is 2.16. The SMILES string of the molecule is CC(C)NC(=O)C(C)Nc1ccncc1N. The van der Waals surface area contributed by atoms with Crippen LogP contribution in [0.25, 0.3) is 0 Å². The fourth-order valence-electron chi connectivity index (χ4n) is 1.25. The zero-order chi connectivity index (χ0) is 12.1. The van der Waals surface area contributed by atoms with Crippen molar-refractivity contribution in [1.82, 2.24) is 10.3 Å². The number of anilines is 2. The Kier molecular flexibility index (Phi) is 4.10. The molecule has 0 aromatic carbocycles. The number of hydrogen-bond donors (Lipinski definition) is 3. The first-order valence-corrected chi connectivity index (χ1v) is 5.27. The van der Waals surface area contributed by atoms with Gasteiger partial charge in [-0.1, -0.05) is 0 Å². The van der Waals surface area contributed by atoms with Crippen LogP contribution < -0.4 is 16.4 Å². The number of carbonyl (C=O) groups is 1. The lowest BCUT2D eigenvalue weighted by atomic mass is 10.2. The number of rotatable bonds is 4. The van der Waals surface area contributed by atoms with Crippen molar-refractivity contribution in [3.05, 3.63) is 18.5 Å². The molecule has 4 N–H and O–H groups in total. The third-order valence-corrected chi connectivity index (χ3v) is 2.05. The number of nitrogens with two attached hydrogens (primary N) is 1. The lowest BCUT2D eigenvalue weighted by Crippen LogP contribution is -2.41. The van der Waals surface area contributed by atoms with E-state index < -0.39 is 0 Å². The molecule has 0 bridgehead atoms. The van der Waals surface area contributed by atoms with Crippen LogP contribution in [-0.2, 0) is 4.79 Å². The summed E-state index contributed by atoms with van der Waals surface area (Å²) in [6.45, 7) is 5.63. The van der Waals surface area contributed by atoms with Crippen molar-refractivity contribution >= 4 is 17.3 Å². The average molecular weight is 222 g/mol. The molecule has 0 saturated carbocycles. The molecule has 1 heterocycles. The van der Waals surface area contributed by atoms with Gasteiger partial charge in [0.1, 0.15) is 6.04 Å². The van der Waals surface area contributed by atoms with Gasteiger partial charge < -0.3 is 16.4 Å². The lowest BCUT2D eigenvalue weighted by Gasteiger charge is -2.17. The molecule has 0 aliphatic carbocycles. The highest BCUT2D eigenvalue weighted by Gasteiger charge is 2.13. The summed E-state index contributed by atoms with van der Waals surface area (Å²) < 4.78 is 0. The van der Waals surface area contributed by atoms with Gasteiger partial charge in [-0.25, -0.2) is 0 Å². The number of nitrogens with zero attached hydrogens (tertiary/aromatic N) is 1. The van der Waals surface area contributed by atoms with Gasteiger partial charge >= 0.3 is 0 Å². The van der Waals surface area contributed by atoms with Gasteiger partial charge in [0.05, 0.1) is 17.6 Å². The molecule has 1 rings (SSSR count). The molecule has 16 heavy (non-hydrogen) atoms. The van der Waals surface area contributed by atoms with Crippen LogP contribution in [0.5, 0.6) is 0 Å². The van der Waals surface area contributed by atoms with Crippen LogP contribution in [-0.4, -0.2) is 23.0 Å². The summed E-state index contributed by atoms with van der Waals surface area (Å²) in [6.07, 6.45) is 3.18. The molecule has 1 aromatic rings. The predicted molar refractivity (Wildman–Crippen MR) is 65.0 cm³/mol. The fourth-order valence-corrected chi connectivity index (χ4v) is 1.25. The van der Waals surface area contributed by atoms with Gasteiger partial charge in [0.2, 0.25) is 5.91 Å². The number of nitrogen functional groups attached to an aromatic ring is 1. The summed E-state index contributed by atoms with van der Waals surface area (Å²) in [4.78, 5) is 15.5. The summed E-state index contributed by atoms with van der Waals surface area (Å²) in [6, 6.07) is 1.55. The van der Waals surface area contributed by atoms with Gasteiger partial charge in [-0.05, 0) is 26.8 Å². The normalized spacial score (nSPS) is 12.2. The van der Waals surface area contributed by atoms with Crippen LogP contribution in [0, 0.1) is 0 Å². The van der Waals surface area contributed by atoms with Crippen LogP contribution >= 0.6 is 0 Å². The van der Waals surface area contributed by atoms with Crippen LogP contribution in [0.3, 0.4) is 0 Å². The maximum absolute atomic E-state index is 11.6. The Balaban J connectivity index is 2.61. The molecule has 0 spiro atoms. The van der Waals surface area contributed by atoms with E-state index >= 15 is 0 Å². The second kappa shape index (κ2) is 5.34. The van der Waals surface area contributed by atoms with Crippen molar-refractivity contribution in [2.24, 2.45) is 0 Å². The van der Waals surface area contributed by atoms with Crippen LogP contribution in [0.4, 0.5) is 11.4 Å². The average Bonchev–Trinajstić information content (AvgIpc) is 2.20. The zero-order valence-corrected chi connectivity index (χ0v) is 9.82. The molecule has 0 aliphatic heterocycles. The van der Waals surface area contributed by atoms with Crippen molar-refractivity contribution in [2.45, 2.75) is 32.9 Å². The minimum atomic E-state index is -0.327. The number of nitrogens with one attached hydrogen (secondary N) is 2. The lowest BCUT2D eigenvalue weighted by molar-refractivity contribution is -0.122. The van der Waals surface area contributed by atoms with E-state index in [1.54, 1.807) is 25.4 Å². The molecule has 0 radical (unpaired) electrons. The second-order valence-corrected chi connectivity index (χ2v) is 3.99. The Morgan fingerprint density at radius 1 is 1.44 bits per heavy atom. The molecule has 0 saturated heterocycles. The van der Waals surface area contributed by atoms with Crippen molar-refractivity contribution in [3.63, 3.8) is 0 Å². The van der Waals surface area contributed by atoms with Crippen LogP contribution in [0.15, 0.2) is 18.5 Å². The van der Waals surface area contributed by atoms with Gasteiger partial charge in [0.15, 0.2) is 0 Å². The minimum absolute atomic E-state index is 0.0498. The number of aromatic nitrogens is 1. The first-order valence-electron chi connectivity index (χ1n) is 5.27. The van der Waals surface area contributed by atoms with Gasteiger partial charge in [0.25, 0.3) is 0 Å². The summed E-state index contributed by atoms with van der Waals surface area (Å²) in [7, 11) is 0. The maximum atomic E-state index is 11.6. The molecule has 1 unspecified atom stereocenters. The van der Waals surface area contributed by atoms with E-state index in [1.165, 1.54) is 0 Å². The van der Waals surface area contributed by atoms with Gasteiger partial charge in [-0.2, -0.15) is 0 Å². The van der Waals surface area contributed by atoms with Gasteiger partial charge in [-0.15, -0.1) is 0 Å². The number of carbonyl (C=O) groups excluding carboxylic acids is 1. The van der Waals surface area contributed by atoms with E-state index in [0.29, 0.717) is 5.69 Å². The summed E-state index contributed by atoms with van der Waals surface area (Å²) >= 11 is 0. The Morgan fingerprint density at radius 2 is 2.12 bits per heavy atom. The third-order valence-electron chi connectivity index (χ3n) is 2.05. The number of amides is 1. The quantitative estimate of drug-likeness (QED) is 0.709.